The summed E-state index contributed by atoms with van der Waals surface area (Å²) < 4.78 is 22.4. The van der Waals surface area contributed by atoms with Crippen LogP contribution in [-0.4, -0.2) is 68.1 Å². The topological polar surface area (TPSA) is 74.5 Å². The van der Waals surface area contributed by atoms with E-state index in [1.54, 1.807) is 6.33 Å². The molecule has 0 amide bonds. The van der Waals surface area contributed by atoms with E-state index in [9.17, 15) is 0 Å². The Morgan fingerprint density at radius 3 is 2.19 bits per heavy atom. The van der Waals surface area contributed by atoms with Crippen LogP contribution in [0.5, 0.6) is 0 Å². The van der Waals surface area contributed by atoms with Gasteiger partial charge in [-0.05, 0) is 55.5 Å². The molecule has 2 aromatic heterocycles. The molecular formula is C27H49N5O3Si2. The van der Waals surface area contributed by atoms with E-state index in [0.29, 0.717) is 6.61 Å². The minimum atomic E-state index is -2.00. The fraction of sp³-hybridized carbons (Fsp3) is 0.815. The molecule has 208 valence electrons. The molecule has 4 heterocycles. The molecule has 0 bridgehead atoms. The molecule has 2 aliphatic rings. The van der Waals surface area contributed by atoms with E-state index in [0.717, 1.165) is 36.5 Å². The summed E-state index contributed by atoms with van der Waals surface area (Å²) in [5, 5.41) is 0.261. The summed E-state index contributed by atoms with van der Waals surface area (Å²) in [7, 11) is -3.93. The van der Waals surface area contributed by atoms with Crippen LogP contribution in [-0.2, 0) is 13.6 Å². The molecule has 0 radical (unpaired) electrons. The molecule has 0 spiro atoms. The summed E-state index contributed by atoms with van der Waals surface area (Å²) in [6, 6.07) is 0. The fourth-order valence-corrected chi connectivity index (χ4v) is 6.97. The van der Waals surface area contributed by atoms with E-state index in [-0.39, 0.29) is 28.5 Å². The predicted octanol–water partition coefficient (Wildman–Crippen LogP) is 6.52. The molecule has 0 saturated carbocycles. The van der Waals surface area contributed by atoms with E-state index < -0.39 is 16.6 Å². The third-order valence-electron chi connectivity index (χ3n) is 9.15. The van der Waals surface area contributed by atoms with Crippen LogP contribution < -0.4 is 4.90 Å². The second kappa shape index (κ2) is 10.3. The number of nitrogens with zero attached hydrogens (tertiary/aromatic N) is 5. The van der Waals surface area contributed by atoms with Crippen molar-refractivity contribution in [1.29, 1.82) is 0 Å². The lowest BCUT2D eigenvalue weighted by atomic mass is 10.1. The van der Waals surface area contributed by atoms with Crippen molar-refractivity contribution in [1.82, 2.24) is 19.5 Å². The second-order valence-corrected chi connectivity index (χ2v) is 23.5. The number of fused-ring (bicyclic) bond motifs is 1. The van der Waals surface area contributed by atoms with Gasteiger partial charge in [0.2, 0.25) is 0 Å². The van der Waals surface area contributed by atoms with Gasteiger partial charge >= 0.3 is 0 Å². The third kappa shape index (κ3) is 5.98. The molecule has 8 nitrogen and oxygen atoms in total. The SMILES string of the molecule is CC(C)(C)[Si](C)(C)OC[C@H]1O[C@@H](n2cnc3c(N4CCCCC4)ncnc32)C[C@@H]1O[Si](C)(C)C(C)(C)C. The van der Waals surface area contributed by atoms with Gasteiger partial charge in [0.25, 0.3) is 0 Å². The van der Waals surface area contributed by atoms with Crippen LogP contribution in [0.4, 0.5) is 5.82 Å². The van der Waals surface area contributed by atoms with Crippen LogP contribution in [0.3, 0.4) is 0 Å². The minimum Gasteiger partial charge on any atom is -0.414 e. The fourth-order valence-electron chi connectivity index (χ4n) is 4.59. The van der Waals surface area contributed by atoms with E-state index >= 15 is 0 Å². The van der Waals surface area contributed by atoms with E-state index in [1.165, 1.54) is 19.3 Å². The molecule has 0 unspecified atom stereocenters. The molecule has 0 aliphatic carbocycles. The Bertz CT molecular complexity index is 1070. The first-order valence-corrected chi connectivity index (χ1v) is 19.8. The normalized spacial score (nSPS) is 24.3. The minimum absolute atomic E-state index is 0.0310. The zero-order valence-corrected chi connectivity index (χ0v) is 26.8. The molecule has 2 saturated heterocycles. The summed E-state index contributed by atoms with van der Waals surface area (Å²) in [5.41, 5.74) is 1.69. The average molecular weight is 548 g/mol. The first kappa shape index (κ1) is 28.7. The Hall–Kier alpha value is -1.34. The summed E-state index contributed by atoms with van der Waals surface area (Å²) in [5.74, 6) is 0.938. The molecule has 3 atom stereocenters. The summed E-state index contributed by atoms with van der Waals surface area (Å²) in [4.78, 5) is 16.4. The number of ether oxygens (including phenoxy) is 1. The number of imidazole rings is 1. The quantitative estimate of drug-likeness (QED) is 0.365. The van der Waals surface area contributed by atoms with Crippen molar-refractivity contribution in [2.24, 2.45) is 0 Å². The largest absolute Gasteiger partial charge is 0.414 e. The summed E-state index contributed by atoms with van der Waals surface area (Å²) >= 11 is 0. The van der Waals surface area contributed by atoms with Crippen LogP contribution in [0.15, 0.2) is 12.7 Å². The lowest BCUT2D eigenvalue weighted by Gasteiger charge is -2.40. The van der Waals surface area contributed by atoms with Gasteiger partial charge in [-0.25, -0.2) is 15.0 Å². The molecule has 0 N–H and O–H groups in total. The number of hydrogen-bond acceptors (Lipinski definition) is 7. The Morgan fingerprint density at radius 2 is 1.57 bits per heavy atom. The van der Waals surface area contributed by atoms with Gasteiger partial charge in [-0.2, -0.15) is 0 Å². The molecule has 4 rings (SSSR count). The molecular weight excluding hydrogens is 499 g/mol. The van der Waals surface area contributed by atoms with Gasteiger partial charge in [-0.3, -0.25) is 4.57 Å². The lowest BCUT2D eigenvalue weighted by Crippen LogP contribution is -2.48. The highest BCUT2D eigenvalue weighted by atomic mass is 28.4. The molecule has 2 aromatic rings. The van der Waals surface area contributed by atoms with Gasteiger partial charge in [0.05, 0.1) is 19.0 Å². The van der Waals surface area contributed by atoms with E-state index in [1.807, 2.05) is 6.33 Å². The first-order chi connectivity index (χ1) is 17.1. The highest BCUT2D eigenvalue weighted by molar-refractivity contribution is 6.74. The Labute approximate surface area is 225 Å². The van der Waals surface area contributed by atoms with Crippen molar-refractivity contribution in [2.45, 2.75) is 122 Å². The van der Waals surface area contributed by atoms with Crippen LogP contribution in [0, 0.1) is 0 Å². The highest BCUT2D eigenvalue weighted by Gasteiger charge is 2.47. The highest BCUT2D eigenvalue weighted by Crippen LogP contribution is 2.43. The molecule has 10 heteroatoms. The van der Waals surface area contributed by atoms with Crippen molar-refractivity contribution in [3.63, 3.8) is 0 Å². The lowest BCUT2D eigenvalue weighted by molar-refractivity contribution is -0.0383. The maximum atomic E-state index is 6.96. The average Bonchev–Trinajstić information content (AvgIpc) is 3.40. The second-order valence-electron chi connectivity index (χ2n) is 13.9. The number of rotatable bonds is 7. The first-order valence-electron chi connectivity index (χ1n) is 14.0. The molecule has 2 aliphatic heterocycles. The summed E-state index contributed by atoms with van der Waals surface area (Å²) in [6.07, 6.45) is 7.61. The van der Waals surface area contributed by atoms with Crippen LogP contribution >= 0.6 is 0 Å². The third-order valence-corrected chi connectivity index (χ3v) is 18.2. The smallest absolute Gasteiger partial charge is 0.192 e. The predicted molar refractivity (Wildman–Crippen MR) is 155 cm³/mol. The maximum Gasteiger partial charge on any atom is 0.192 e. The molecule has 2 fully saturated rings. The zero-order chi connectivity index (χ0) is 27.2. The number of anilines is 1. The van der Waals surface area contributed by atoms with Gasteiger partial charge < -0.3 is 18.5 Å². The number of piperidine rings is 1. The van der Waals surface area contributed by atoms with Crippen molar-refractivity contribution >= 4 is 33.6 Å². The monoisotopic (exact) mass is 547 g/mol. The van der Waals surface area contributed by atoms with E-state index in [4.69, 9.17) is 18.6 Å². The Kier molecular flexibility index (Phi) is 8.00. The van der Waals surface area contributed by atoms with Crippen molar-refractivity contribution in [3.8, 4) is 0 Å². The van der Waals surface area contributed by atoms with Crippen LogP contribution in [0.1, 0.15) is 73.5 Å². The van der Waals surface area contributed by atoms with Crippen LogP contribution in [0.2, 0.25) is 36.3 Å². The van der Waals surface area contributed by atoms with Gasteiger partial charge in [0.15, 0.2) is 33.6 Å². The van der Waals surface area contributed by atoms with Gasteiger partial charge in [-0.1, -0.05) is 41.5 Å². The van der Waals surface area contributed by atoms with Gasteiger partial charge in [0.1, 0.15) is 18.7 Å². The van der Waals surface area contributed by atoms with Gasteiger partial charge in [-0.15, -0.1) is 0 Å². The number of aromatic nitrogens is 4. The standard InChI is InChI=1S/C27H49N5O3Si2/c1-26(2,3)36(7,8)33-17-21-20(35-37(9,10)27(4,5)6)16-22(34-21)32-19-30-23-24(28-18-29-25(23)32)31-14-12-11-13-15-31/h18-22H,11-17H2,1-10H3/t20-,21+,22+/m0/s1. The molecule has 37 heavy (non-hydrogen) atoms. The maximum absolute atomic E-state index is 6.96. The van der Waals surface area contributed by atoms with E-state index in [2.05, 4.69) is 87.2 Å². The Morgan fingerprint density at radius 1 is 0.919 bits per heavy atom. The summed E-state index contributed by atoms with van der Waals surface area (Å²) in [6.45, 7) is 25.5. The van der Waals surface area contributed by atoms with Gasteiger partial charge in [0, 0.05) is 19.5 Å². The zero-order valence-electron chi connectivity index (χ0n) is 24.8. The van der Waals surface area contributed by atoms with Crippen molar-refractivity contribution < 1.29 is 13.6 Å². The molecule has 0 aromatic carbocycles. The van der Waals surface area contributed by atoms with Crippen molar-refractivity contribution in [3.05, 3.63) is 12.7 Å². The Balaban J connectivity index is 1.60. The van der Waals surface area contributed by atoms with Crippen molar-refractivity contribution in [2.75, 3.05) is 24.6 Å². The number of hydrogen-bond donors (Lipinski definition) is 0. The van der Waals surface area contributed by atoms with Crippen LogP contribution in [0.25, 0.3) is 11.2 Å².